The standard InChI is InChI=1S/C14H22N2S/c1-6-11-9-7-8-10(2)12(11)15-13(17)16-14(3,4)5/h7-9H,6H2,1-5H3,(H2,15,16,17). The summed E-state index contributed by atoms with van der Waals surface area (Å²) in [6.07, 6.45) is 1.00. The lowest BCUT2D eigenvalue weighted by molar-refractivity contribution is 0.515. The lowest BCUT2D eigenvalue weighted by Crippen LogP contribution is -2.43. The van der Waals surface area contributed by atoms with E-state index in [1.54, 1.807) is 0 Å². The van der Waals surface area contributed by atoms with E-state index in [1.165, 1.54) is 11.1 Å². The van der Waals surface area contributed by atoms with Crippen molar-refractivity contribution in [2.45, 2.75) is 46.6 Å². The lowest BCUT2D eigenvalue weighted by Gasteiger charge is -2.24. The minimum atomic E-state index is -0.0147. The van der Waals surface area contributed by atoms with Crippen LogP contribution in [0.3, 0.4) is 0 Å². The highest BCUT2D eigenvalue weighted by atomic mass is 32.1. The zero-order valence-corrected chi connectivity index (χ0v) is 12.2. The maximum Gasteiger partial charge on any atom is 0.171 e. The van der Waals surface area contributed by atoms with E-state index in [2.05, 4.69) is 63.5 Å². The zero-order chi connectivity index (χ0) is 13.1. The molecular weight excluding hydrogens is 228 g/mol. The normalized spacial score (nSPS) is 11.1. The fraction of sp³-hybridized carbons (Fsp3) is 0.500. The number of benzene rings is 1. The molecule has 0 amide bonds. The maximum atomic E-state index is 5.33. The number of para-hydroxylation sites is 1. The highest BCUT2D eigenvalue weighted by Gasteiger charge is 2.12. The highest BCUT2D eigenvalue weighted by molar-refractivity contribution is 7.80. The molecule has 0 aliphatic heterocycles. The Morgan fingerprint density at radius 1 is 1.29 bits per heavy atom. The van der Waals surface area contributed by atoms with Gasteiger partial charge < -0.3 is 10.6 Å². The van der Waals surface area contributed by atoms with Crippen molar-refractivity contribution in [2.24, 2.45) is 0 Å². The van der Waals surface area contributed by atoms with E-state index >= 15 is 0 Å². The second-order valence-electron chi connectivity index (χ2n) is 5.29. The SMILES string of the molecule is CCc1cccc(C)c1NC(=S)NC(C)(C)C. The first kappa shape index (κ1) is 14.0. The van der Waals surface area contributed by atoms with Gasteiger partial charge in [0, 0.05) is 11.2 Å². The lowest BCUT2D eigenvalue weighted by atomic mass is 10.1. The fourth-order valence-electron chi connectivity index (χ4n) is 1.69. The van der Waals surface area contributed by atoms with Crippen molar-refractivity contribution in [3.63, 3.8) is 0 Å². The molecule has 0 bridgehead atoms. The van der Waals surface area contributed by atoms with Crippen molar-refractivity contribution in [2.75, 3.05) is 5.32 Å². The predicted octanol–water partition coefficient (Wildman–Crippen LogP) is 3.64. The average molecular weight is 250 g/mol. The molecule has 0 heterocycles. The van der Waals surface area contributed by atoms with Gasteiger partial charge >= 0.3 is 0 Å². The van der Waals surface area contributed by atoms with Crippen LogP contribution in [-0.4, -0.2) is 10.7 Å². The third-order valence-electron chi connectivity index (χ3n) is 2.47. The summed E-state index contributed by atoms with van der Waals surface area (Å²) in [7, 11) is 0. The Bertz CT molecular complexity index is 405. The Labute approximate surface area is 110 Å². The van der Waals surface area contributed by atoms with Crippen LogP contribution in [0.25, 0.3) is 0 Å². The molecule has 1 aromatic rings. The molecular formula is C14H22N2S. The van der Waals surface area contributed by atoms with Gasteiger partial charge in [0.25, 0.3) is 0 Å². The molecule has 0 fully saturated rings. The monoisotopic (exact) mass is 250 g/mol. The van der Waals surface area contributed by atoms with Gasteiger partial charge in [-0.15, -0.1) is 0 Å². The summed E-state index contributed by atoms with van der Waals surface area (Å²) in [5.74, 6) is 0. The summed E-state index contributed by atoms with van der Waals surface area (Å²) >= 11 is 5.33. The second kappa shape index (κ2) is 5.50. The molecule has 0 saturated carbocycles. The molecule has 0 atom stereocenters. The maximum absolute atomic E-state index is 5.33. The molecule has 2 N–H and O–H groups in total. The summed E-state index contributed by atoms with van der Waals surface area (Å²) in [6, 6.07) is 6.32. The van der Waals surface area contributed by atoms with Crippen molar-refractivity contribution >= 4 is 23.0 Å². The Kier molecular flexibility index (Phi) is 4.52. The largest absolute Gasteiger partial charge is 0.358 e. The molecule has 0 unspecified atom stereocenters. The molecule has 0 radical (unpaired) electrons. The number of nitrogens with one attached hydrogen (secondary N) is 2. The van der Waals surface area contributed by atoms with Crippen molar-refractivity contribution in [3.8, 4) is 0 Å². The molecule has 3 heteroatoms. The van der Waals surface area contributed by atoms with Crippen LogP contribution in [0, 0.1) is 6.92 Å². The van der Waals surface area contributed by atoms with Crippen LogP contribution >= 0.6 is 12.2 Å². The molecule has 0 saturated heterocycles. The van der Waals surface area contributed by atoms with Gasteiger partial charge in [0.05, 0.1) is 0 Å². The molecule has 0 spiro atoms. The van der Waals surface area contributed by atoms with Crippen LogP contribution in [0.4, 0.5) is 5.69 Å². The van der Waals surface area contributed by atoms with Crippen LogP contribution in [0.5, 0.6) is 0 Å². The molecule has 0 aromatic heterocycles. The zero-order valence-electron chi connectivity index (χ0n) is 11.3. The minimum absolute atomic E-state index is 0.0147. The summed E-state index contributed by atoms with van der Waals surface area (Å²) in [4.78, 5) is 0. The van der Waals surface area contributed by atoms with E-state index in [-0.39, 0.29) is 5.54 Å². The van der Waals surface area contributed by atoms with Crippen LogP contribution in [0.1, 0.15) is 38.8 Å². The molecule has 17 heavy (non-hydrogen) atoms. The molecule has 0 aliphatic carbocycles. The van der Waals surface area contributed by atoms with E-state index in [9.17, 15) is 0 Å². The number of thiocarbonyl (C=S) groups is 1. The summed E-state index contributed by atoms with van der Waals surface area (Å²) in [6.45, 7) is 10.5. The molecule has 1 rings (SSSR count). The van der Waals surface area contributed by atoms with Gasteiger partial charge in [0.2, 0.25) is 0 Å². The van der Waals surface area contributed by atoms with Crippen LogP contribution in [0.2, 0.25) is 0 Å². The van der Waals surface area contributed by atoms with E-state index in [0.717, 1.165) is 12.1 Å². The first-order valence-corrected chi connectivity index (χ1v) is 6.42. The van der Waals surface area contributed by atoms with Crippen molar-refractivity contribution in [1.29, 1.82) is 0 Å². The smallest absolute Gasteiger partial charge is 0.171 e. The summed E-state index contributed by atoms with van der Waals surface area (Å²) < 4.78 is 0. The molecule has 0 aliphatic rings. The van der Waals surface area contributed by atoms with Gasteiger partial charge in [-0.05, 0) is 57.5 Å². The van der Waals surface area contributed by atoms with Gasteiger partial charge in [0.1, 0.15) is 0 Å². The topological polar surface area (TPSA) is 24.1 Å². The van der Waals surface area contributed by atoms with Gasteiger partial charge in [0.15, 0.2) is 5.11 Å². The number of aryl methyl sites for hydroxylation is 2. The van der Waals surface area contributed by atoms with Gasteiger partial charge in [-0.1, -0.05) is 25.1 Å². The Morgan fingerprint density at radius 2 is 1.94 bits per heavy atom. The fourth-order valence-corrected chi connectivity index (χ4v) is 2.10. The molecule has 2 nitrogen and oxygen atoms in total. The molecule has 1 aromatic carbocycles. The third-order valence-corrected chi connectivity index (χ3v) is 2.67. The van der Waals surface area contributed by atoms with E-state index in [1.807, 2.05) is 0 Å². The first-order chi connectivity index (χ1) is 7.83. The number of hydrogen-bond acceptors (Lipinski definition) is 1. The van der Waals surface area contributed by atoms with Crippen LogP contribution in [-0.2, 0) is 6.42 Å². The first-order valence-electron chi connectivity index (χ1n) is 6.01. The van der Waals surface area contributed by atoms with Gasteiger partial charge in [-0.2, -0.15) is 0 Å². The van der Waals surface area contributed by atoms with Gasteiger partial charge in [-0.25, -0.2) is 0 Å². The number of hydrogen-bond donors (Lipinski definition) is 2. The second-order valence-corrected chi connectivity index (χ2v) is 5.70. The number of rotatable bonds is 2. The van der Waals surface area contributed by atoms with E-state index < -0.39 is 0 Å². The molecule has 94 valence electrons. The van der Waals surface area contributed by atoms with Crippen molar-refractivity contribution in [1.82, 2.24) is 5.32 Å². The van der Waals surface area contributed by atoms with E-state index in [4.69, 9.17) is 12.2 Å². The minimum Gasteiger partial charge on any atom is -0.358 e. The third kappa shape index (κ3) is 4.35. The van der Waals surface area contributed by atoms with Crippen LogP contribution < -0.4 is 10.6 Å². The van der Waals surface area contributed by atoms with Crippen molar-refractivity contribution in [3.05, 3.63) is 29.3 Å². The summed E-state index contributed by atoms with van der Waals surface area (Å²) in [5, 5.41) is 7.26. The Morgan fingerprint density at radius 3 is 2.47 bits per heavy atom. The number of anilines is 1. The Hall–Kier alpha value is -1.09. The van der Waals surface area contributed by atoms with Crippen molar-refractivity contribution < 1.29 is 0 Å². The Balaban J connectivity index is 2.84. The quantitative estimate of drug-likeness (QED) is 0.784. The predicted molar refractivity (Wildman–Crippen MR) is 79.7 cm³/mol. The van der Waals surface area contributed by atoms with Gasteiger partial charge in [-0.3, -0.25) is 0 Å². The summed E-state index contributed by atoms with van der Waals surface area (Å²) in [5.41, 5.74) is 3.64. The highest BCUT2D eigenvalue weighted by Crippen LogP contribution is 2.21. The van der Waals surface area contributed by atoms with Crippen LogP contribution in [0.15, 0.2) is 18.2 Å². The van der Waals surface area contributed by atoms with E-state index in [0.29, 0.717) is 5.11 Å². The average Bonchev–Trinajstić information content (AvgIpc) is 2.18.